The van der Waals surface area contributed by atoms with Crippen LogP contribution in [0, 0.1) is 11.3 Å². The highest BCUT2D eigenvalue weighted by Gasteiger charge is 2.77. The lowest BCUT2D eigenvalue weighted by molar-refractivity contribution is 0.0636. The fraction of sp³-hybridized carbons (Fsp3) is 1.00. The fourth-order valence-corrected chi connectivity index (χ4v) is 1.96. The summed E-state index contributed by atoms with van der Waals surface area (Å²) < 4.78 is 25.7. The quantitative estimate of drug-likeness (QED) is 0.603. The first-order valence-electron chi connectivity index (χ1n) is 3.67. The van der Waals surface area contributed by atoms with Crippen LogP contribution in [0.25, 0.3) is 0 Å². The minimum absolute atomic E-state index is 0. The molecule has 0 aromatic rings. The van der Waals surface area contributed by atoms with E-state index >= 15 is 0 Å². The van der Waals surface area contributed by atoms with E-state index in [1.165, 1.54) is 0 Å². The fourth-order valence-electron chi connectivity index (χ4n) is 1.96. The largest absolute Gasteiger partial charge is 0.316 e. The Morgan fingerprint density at radius 3 is 2.45 bits per heavy atom. The maximum atomic E-state index is 12.8. The molecule has 0 aromatic carbocycles. The zero-order valence-electron chi connectivity index (χ0n) is 6.36. The van der Waals surface area contributed by atoms with Gasteiger partial charge in [-0.2, -0.15) is 0 Å². The van der Waals surface area contributed by atoms with Gasteiger partial charge in [0.15, 0.2) is 0 Å². The highest BCUT2D eigenvalue weighted by molar-refractivity contribution is 5.85. The van der Waals surface area contributed by atoms with E-state index in [2.05, 4.69) is 5.32 Å². The molecule has 66 valence electrons. The normalized spacial score (nSPS) is 45.5. The van der Waals surface area contributed by atoms with Gasteiger partial charge < -0.3 is 5.32 Å². The molecule has 1 aliphatic carbocycles. The molecule has 1 N–H and O–H groups in total. The van der Waals surface area contributed by atoms with Crippen molar-refractivity contribution in [2.75, 3.05) is 13.1 Å². The van der Waals surface area contributed by atoms with Gasteiger partial charge in [0.2, 0.25) is 0 Å². The minimum Gasteiger partial charge on any atom is -0.316 e. The van der Waals surface area contributed by atoms with Crippen LogP contribution in [0.4, 0.5) is 8.78 Å². The van der Waals surface area contributed by atoms with Gasteiger partial charge in [-0.15, -0.1) is 12.4 Å². The van der Waals surface area contributed by atoms with E-state index in [1.807, 2.05) is 0 Å². The second kappa shape index (κ2) is 2.30. The molecule has 4 heteroatoms. The predicted molar refractivity (Wildman–Crippen MR) is 41.3 cm³/mol. The van der Waals surface area contributed by atoms with Crippen LogP contribution in [-0.4, -0.2) is 19.0 Å². The molecule has 2 unspecified atom stereocenters. The maximum absolute atomic E-state index is 12.8. The summed E-state index contributed by atoms with van der Waals surface area (Å²) in [6.45, 7) is 2.95. The first-order valence-corrected chi connectivity index (χ1v) is 3.67. The number of halogens is 3. The minimum atomic E-state index is -2.38. The van der Waals surface area contributed by atoms with E-state index in [0.29, 0.717) is 13.0 Å². The van der Waals surface area contributed by atoms with Crippen LogP contribution in [0.5, 0.6) is 0 Å². The smallest absolute Gasteiger partial charge is 0.258 e. The Morgan fingerprint density at radius 1 is 1.45 bits per heavy atom. The van der Waals surface area contributed by atoms with E-state index in [9.17, 15) is 8.78 Å². The Morgan fingerprint density at radius 2 is 2.09 bits per heavy atom. The van der Waals surface area contributed by atoms with E-state index in [0.717, 1.165) is 6.54 Å². The Hall–Kier alpha value is 0.110. The van der Waals surface area contributed by atoms with Crippen molar-refractivity contribution in [3.8, 4) is 0 Å². The van der Waals surface area contributed by atoms with Crippen molar-refractivity contribution >= 4 is 12.4 Å². The summed E-state index contributed by atoms with van der Waals surface area (Å²) in [6.07, 6.45) is 0.630. The summed E-state index contributed by atoms with van der Waals surface area (Å²) in [5.74, 6) is -2.76. The summed E-state index contributed by atoms with van der Waals surface area (Å²) in [7, 11) is 0. The molecule has 0 aromatic heterocycles. The summed E-state index contributed by atoms with van der Waals surface area (Å²) in [5, 5.41) is 2.98. The van der Waals surface area contributed by atoms with Crippen molar-refractivity contribution in [3.05, 3.63) is 0 Å². The zero-order chi connectivity index (χ0) is 7.41. The first-order chi connectivity index (χ1) is 4.59. The van der Waals surface area contributed by atoms with Gasteiger partial charge in [0.1, 0.15) is 0 Å². The summed E-state index contributed by atoms with van der Waals surface area (Å²) >= 11 is 0. The van der Waals surface area contributed by atoms with Crippen LogP contribution in [0.3, 0.4) is 0 Å². The van der Waals surface area contributed by atoms with Gasteiger partial charge in [0.05, 0.1) is 0 Å². The predicted octanol–water partition coefficient (Wildman–Crippen LogP) is 1.67. The average Bonchev–Trinajstić information content (AvgIpc) is 2.30. The Labute approximate surface area is 71.0 Å². The van der Waals surface area contributed by atoms with Gasteiger partial charge in [-0.05, 0) is 13.0 Å². The third-order valence-corrected chi connectivity index (χ3v) is 3.05. The van der Waals surface area contributed by atoms with Crippen LogP contribution in [0.1, 0.15) is 13.3 Å². The van der Waals surface area contributed by atoms with Gasteiger partial charge >= 0.3 is 0 Å². The molecule has 0 radical (unpaired) electrons. The van der Waals surface area contributed by atoms with Crippen molar-refractivity contribution in [1.29, 1.82) is 0 Å². The van der Waals surface area contributed by atoms with Crippen molar-refractivity contribution < 1.29 is 8.78 Å². The SMILES string of the molecule is CC12CCNCC1C2(F)F.Cl. The summed E-state index contributed by atoms with van der Waals surface area (Å²) in [4.78, 5) is 0. The van der Waals surface area contributed by atoms with Crippen LogP contribution in [-0.2, 0) is 0 Å². The van der Waals surface area contributed by atoms with Gasteiger partial charge in [-0.3, -0.25) is 0 Å². The standard InChI is InChI=1S/C7H11F2N.ClH/c1-6-2-3-10-4-5(6)7(6,8)9;/h5,10H,2-4H2,1H3;1H. The van der Waals surface area contributed by atoms with Gasteiger partial charge in [0, 0.05) is 17.9 Å². The van der Waals surface area contributed by atoms with Gasteiger partial charge in [0.25, 0.3) is 5.92 Å². The lowest BCUT2D eigenvalue weighted by atomic mass is 9.99. The molecule has 0 bridgehead atoms. The second-order valence-electron chi connectivity index (χ2n) is 3.55. The molecule has 0 spiro atoms. The third-order valence-electron chi connectivity index (χ3n) is 3.05. The molecule has 1 saturated carbocycles. The second-order valence-corrected chi connectivity index (χ2v) is 3.55. The number of fused-ring (bicyclic) bond motifs is 1. The van der Waals surface area contributed by atoms with E-state index < -0.39 is 11.3 Å². The molecule has 2 fully saturated rings. The zero-order valence-corrected chi connectivity index (χ0v) is 7.18. The highest BCUT2D eigenvalue weighted by atomic mass is 35.5. The third kappa shape index (κ3) is 0.905. The first kappa shape index (κ1) is 9.20. The molecule has 1 nitrogen and oxygen atoms in total. The van der Waals surface area contributed by atoms with Crippen LogP contribution in [0.2, 0.25) is 0 Å². The molecule has 11 heavy (non-hydrogen) atoms. The average molecular weight is 184 g/mol. The van der Waals surface area contributed by atoms with Crippen molar-refractivity contribution in [3.63, 3.8) is 0 Å². The molecule has 1 heterocycles. The van der Waals surface area contributed by atoms with Crippen LogP contribution >= 0.6 is 12.4 Å². The van der Waals surface area contributed by atoms with Crippen LogP contribution in [0.15, 0.2) is 0 Å². The monoisotopic (exact) mass is 183 g/mol. The topological polar surface area (TPSA) is 12.0 Å². The lowest BCUT2D eigenvalue weighted by Gasteiger charge is -2.15. The van der Waals surface area contributed by atoms with E-state index in [1.54, 1.807) is 6.92 Å². The van der Waals surface area contributed by atoms with Crippen molar-refractivity contribution in [1.82, 2.24) is 5.32 Å². The lowest BCUT2D eigenvalue weighted by Crippen LogP contribution is -2.27. The molecule has 0 amide bonds. The van der Waals surface area contributed by atoms with Crippen molar-refractivity contribution in [2.24, 2.45) is 11.3 Å². The van der Waals surface area contributed by atoms with E-state index in [-0.39, 0.29) is 18.3 Å². The molecule has 2 rings (SSSR count). The van der Waals surface area contributed by atoms with Crippen molar-refractivity contribution in [2.45, 2.75) is 19.3 Å². The van der Waals surface area contributed by atoms with Gasteiger partial charge in [-0.25, -0.2) is 8.78 Å². The number of rotatable bonds is 0. The molecule has 1 saturated heterocycles. The number of hydrogen-bond donors (Lipinski definition) is 1. The highest BCUT2D eigenvalue weighted by Crippen LogP contribution is 2.68. The number of hydrogen-bond acceptors (Lipinski definition) is 1. The summed E-state index contributed by atoms with van der Waals surface area (Å²) in [5.41, 5.74) is -0.655. The molecule has 2 atom stereocenters. The van der Waals surface area contributed by atoms with E-state index in [4.69, 9.17) is 0 Å². The maximum Gasteiger partial charge on any atom is 0.258 e. The summed E-state index contributed by atoms with van der Waals surface area (Å²) in [6, 6.07) is 0. The number of piperidine rings is 1. The van der Waals surface area contributed by atoms with Gasteiger partial charge in [-0.1, -0.05) is 6.92 Å². The molecular weight excluding hydrogens is 172 g/mol. The molecular formula is C7H12ClF2N. The molecule has 1 aliphatic heterocycles. The number of alkyl halides is 2. The Kier molecular flexibility index (Phi) is 1.92. The number of nitrogens with one attached hydrogen (secondary N) is 1. The van der Waals surface area contributed by atoms with Crippen LogP contribution < -0.4 is 5.32 Å². The Bertz CT molecular complexity index is 174. The Balaban J connectivity index is 0.000000605. The molecule has 2 aliphatic rings.